The Hall–Kier alpha value is -6.13. The van der Waals surface area contributed by atoms with Gasteiger partial charge in [-0.2, -0.15) is 0 Å². The molecule has 0 saturated heterocycles. The van der Waals surface area contributed by atoms with Crippen LogP contribution in [0.1, 0.15) is 0 Å². The number of nitrogens with zero attached hydrogens (tertiary/aromatic N) is 3. The lowest BCUT2D eigenvalue weighted by Crippen LogP contribution is -2.00. The molecule has 0 aliphatic carbocycles. The van der Waals surface area contributed by atoms with Gasteiger partial charge in [0.05, 0.1) is 0 Å². The van der Waals surface area contributed by atoms with Gasteiger partial charge in [0.25, 0.3) is 0 Å². The minimum atomic E-state index is 0.605. The molecule has 0 spiro atoms. The topological polar surface area (TPSA) is 51.8 Å². The molecule has 4 nitrogen and oxygen atoms in total. The number of furan rings is 1. The minimum absolute atomic E-state index is 0.605. The van der Waals surface area contributed by atoms with Crippen LogP contribution in [0.15, 0.2) is 156 Å². The van der Waals surface area contributed by atoms with E-state index in [1.165, 1.54) is 10.8 Å². The average molecular weight is 576 g/mol. The molecule has 0 aliphatic heterocycles. The summed E-state index contributed by atoms with van der Waals surface area (Å²) in [5.74, 6) is 1.86. The van der Waals surface area contributed by atoms with Crippen LogP contribution in [0.25, 0.3) is 88.8 Å². The SMILES string of the molecule is c1ccc(-c2nc(-c3ccccc3)nc(-c3ccc(-c4ccc5ccccc5c4)c4oc5cc6ccccc6cc5c34)n2)cc1. The van der Waals surface area contributed by atoms with Crippen molar-refractivity contribution in [2.75, 3.05) is 0 Å². The van der Waals surface area contributed by atoms with Gasteiger partial charge in [-0.3, -0.25) is 0 Å². The fourth-order valence-electron chi connectivity index (χ4n) is 6.26. The van der Waals surface area contributed by atoms with Gasteiger partial charge in [-0.05, 0) is 57.4 Å². The predicted octanol–water partition coefficient (Wildman–Crippen LogP) is 10.7. The smallest absolute Gasteiger partial charge is 0.164 e. The molecule has 7 aromatic carbocycles. The molecule has 0 radical (unpaired) electrons. The lowest BCUT2D eigenvalue weighted by molar-refractivity contribution is 0.670. The number of aromatic nitrogens is 3. The van der Waals surface area contributed by atoms with Crippen LogP contribution in [0, 0.1) is 0 Å². The maximum atomic E-state index is 6.78. The molecule has 4 heteroatoms. The van der Waals surface area contributed by atoms with E-state index in [1.54, 1.807) is 0 Å². The number of fused-ring (bicyclic) bond motifs is 5. The van der Waals surface area contributed by atoms with Gasteiger partial charge in [0.2, 0.25) is 0 Å². The van der Waals surface area contributed by atoms with Gasteiger partial charge >= 0.3 is 0 Å². The number of hydrogen-bond donors (Lipinski definition) is 0. The molecule has 0 amide bonds. The Kier molecular flexibility index (Phi) is 5.78. The van der Waals surface area contributed by atoms with E-state index in [1.807, 2.05) is 60.7 Å². The zero-order valence-electron chi connectivity index (χ0n) is 24.2. The van der Waals surface area contributed by atoms with E-state index in [2.05, 4.69) is 91.0 Å². The molecule has 2 aromatic heterocycles. The molecule has 0 fully saturated rings. The van der Waals surface area contributed by atoms with Gasteiger partial charge in [0.1, 0.15) is 11.2 Å². The van der Waals surface area contributed by atoms with Crippen LogP contribution in [0.5, 0.6) is 0 Å². The van der Waals surface area contributed by atoms with Crippen LogP contribution in [-0.4, -0.2) is 15.0 Å². The van der Waals surface area contributed by atoms with E-state index in [-0.39, 0.29) is 0 Å². The first-order valence-electron chi connectivity index (χ1n) is 15.0. The summed E-state index contributed by atoms with van der Waals surface area (Å²) < 4.78 is 6.78. The first kappa shape index (κ1) is 25.4. The normalized spacial score (nSPS) is 11.6. The highest BCUT2D eigenvalue weighted by atomic mass is 16.3. The van der Waals surface area contributed by atoms with Crippen LogP contribution < -0.4 is 0 Å². The summed E-state index contributed by atoms with van der Waals surface area (Å²) in [5.41, 5.74) is 6.55. The van der Waals surface area contributed by atoms with E-state index < -0.39 is 0 Å². The van der Waals surface area contributed by atoms with Gasteiger partial charge < -0.3 is 4.42 Å². The average Bonchev–Trinajstić information content (AvgIpc) is 3.49. The third kappa shape index (κ3) is 4.35. The third-order valence-electron chi connectivity index (χ3n) is 8.49. The van der Waals surface area contributed by atoms with E-state index in [4.69, 9.17) is 19.4 Å². The molecular formula is C41H25N3O. The summed E-state index contributed by atoms with van der Waals surface area (Å²) in [4.78, 5) is 15.1. The summed E-state index contributed by atoms with van der Waals surface area (Å²) in [6.45, 7) is 0. The Balaban J connectivity index is 1.36. The molecule has 45 heavy (non-hydrogen) atoms. The summed E-state index contributed by atoms with van der Waals surface area (Å²) in [5, 5.41) is 6.70. The predicted molar refractivity (Wildman–Crippen MR) is 184 cm³/mol. The van der Waals surface area contributed by atoms with Crippen LogP contribution in [0.3, 0.4) is 0 Å². The summed E-state index contributed by atoms with van der Waals surface area (Å²) in [6.07, 6.45) is 0. The number of benzene rings is 7. The second kappa shape index (κ2) is 10.2. The Morgan fingerprint density at radius 2 is 0.911 bits per heavy atom. The van der Waals surface area contributed by atoms with Crippen LogP contribution in [0.4, 0.5) is 0 Å². The standard InChI is InChI=1S/C41H25N3O/c1-3-12-27(13-4-1)39-42-40(28-14-5-2-6-15-28)44-41(43-39)34-22-21-33(32-20-19-26-11-7-8-16-29(26)23-32)38-37(34)35-24-30-17-9-10-18-31(30)25-36(35)45-38/h1-25H. The highest BCUT2D eigenvalue weighted by Crippen LogP contribution is 2.43. The molecule has 9 aromatic rings. The van der Waals surface area contributed by atoms with Crippen molar-refractivity contribution in [3.8, 4) is 45.3 Å². The highest BCUT2D eigenvalue weighted by molar-refractivity contribution is 6.18. The zero-order chi connectivity index (χ0) is 29.7. The van der Waals surface area contributed by atoms with Gasteiger partial charge in [-0.25, -0.2) is 15.0 Å². The molecule has 0 bridgehead atoms. The second-order valence-electron chi connectivity index (χ2n) is 11.3. The largest absolute Gasteiger partial charge is 0.455 e. The van der Waals surface area contributed by atoms with Gasteiger partial charge in [-0.1, -0.05) is 121 Å². The Morgan fingerprint density at radius 1 is 0.378 bits per heavy atom. The van der Waals surface area contributed by atoms with Crippen molar-refractivity contribution in [3.05, 3.63) is 152 Å². The van der Waals surface area contributed by atoms with Gasteiger partial charge in [0, 0.05) is 33.0 Å². The van der Waals surface area contributed by atoms with E-state index >= 15 is 0 Å². The molecule has 0 N–H and O–H groups in total. The van der Waals surface area contributed by atoms with Gasteiger partial charge in [-0.15, -0.1) is 0 Å². The van der Waals surface area contributed by atoms with Crippen LogP contribution in [-0.2, 0) is 0 Å². The quantitative estimate of drug-likeness (QED) is 0.209. The lowest BCUT2D eigenvalue weighted by atomic mass is 9.96. The fourth-order valence-corrected chi connectivity index (χ4v) is 6.26. The summed E-state index contributed by atoms with van der Waals surface area (Å²) >= 11 is 0. The first-order chi connectivity index (χ1) is 22.3. The van der Waals surface area contributed by atoms with Crippen molar-refractivity contribution in [1.82, 2.24) is 15.0 Å². The molecule has 0 saturated carbocycles. The molecule has 2 heterocycles. The van der Waals surface area contributed by atoms with Gasteiger partial charge in [0.15, 0.2) is 17.5 Å². The maximum absolute atomic E-state index is 6.78. The highest BCUT2D eigenvalue weighted by Gasteiger charge is 2.21. The van der Waals surface area contributed by atoms with E-state index in [9.17, 15) is 0 Å². The monoisotopic (exact) mass is 575 g/mol. The third-order valence-corrected chi connectivity index (χ3v) is 8.49. The summed E-state index contributed by atoms with van der Waals surface area (Å²) in [7, 11) is 0. The van der Waals surface area contributed by atoms with Crippen molar-refractivity contribution in [2.45, 2.75) is 0 Å². The maximum Gasteiger partial charge on any atom is 0.164 e. The Bertz CT molecular complexity index is 2480. The molecule has 9 rings (SSSR count). The van der Waals surface area contributed by atoms with Crippen molar-refractivity contribution in [3.63, 3.8) is 0 Å². The minimum Gasteiger partial charge on any atom is -0.455 e. The van der Waals surface area contributed by atoms with Crippen molar-refractivity contribution in [1.29, 1.82) is 0 Å². The summed E-state index contributed by atoms with van der Waals surface area (Å²) in [6, 6.07) is 52.2. The number of rotatable bonds is 4. The molecule has 0 unspecified atom stereocenters. The molecule has 0 atom stereocenters. The molecular weight excluding hydrogens is 550 g/mol. The van der Waals surface area contributed by atoms with Crippen molar-refractivity contribution in [2.24, 2.45) is 0 Å². The van der Waals surface area contributed by atoms with Crippen molar-refractivity contribution < 1.29 is 4.42 Å². The van der Waals surface area contributed by atoms with E-state index in [0.717, 1.165) is 60.5 Å². The fraction of sp³-hybridized carbons (Fsp3) is 0. The molecule has 0 aliphatic rings. The second-order valence-corrected chi connectivity index (χ2v) is 11.3. The van der Waals surface area contributed by atoms with Crippen LogP contribution in [0.2, 0.25) is 0 Å². The van der Waals surface area contributed by atoms with Crippen molar-refractivity contribution >= 4 is 43.5 Å². The molecule has 210 valence electrons. The lowest BCUT2D eigenvalue weighted by Gasteiger charge is -2.11. The Labute approximate surface area is 259 Å². The number of hydrogen-bond acceptors (Lipinski definition) is 4. The Morgan fingerprint density at radius 3 is 1.58 bits per heavy atom. The first-order valence-corrected chi connectivity index (χ1v) is 15.0. The van der Waals surface area contributed by atoms with Crippen LogP contribution >= 0.6 is 0 Å². The van der Waals surface area contributed by atoms with E-state index in [0.29, 0.717) is 17.5 Å². The zero-order valence-corrected chi connectivity index (χ0v) is 24.2.